The van der Waals surface area contributed by atoms with Gasteiger partial charge in [0.25, 0.3) is 6.43 Å². The van der Waals surface area contributed by atoms with Crippen LogP contribution in [-0.4, -0.2) is 17.6 Å². The molecule has 1 aromatic rings. The van der Waals surface area contributed by atoms with E-state index in [1.54, 1.807) is 6.92 Å². The second kappa shape index (κ2) is 6.12. The summed E-state index contributed by atoms with van der Waals surface area (Å²) in [6.45, 7) is 1.78. The first-order valence-corrected chi connectivity index (χ1v) is 5.63. The molecule has 0 saturated carbocycles. The molecule has 94 valence electrons. The zero-order valence-electron chi connectivity index (χ0n) is 8.84. The lowest BCUT2D eigenvalue weighted by molar-refractivity contribution is 0.0518. The SMILES string of the molecule is CCOC(=O)c1cc(Cl)c(C(F)F)c(CCl)n1. The Balaban J connectivity index is 3.22. The average Bonchev–Trinajstić information content (AvgIpc) is 2.27. The molecular formula is C10H9Cl2F2NO2. The Bertz CT molecular complexity index is 427. The number of nitrogens with zero attached hydrogens (tertiary/aromatic N) is 1. The van der Waals surface area contributed by atoms with Crippen LogP contribution >= 0.6 is 23.2 Å². The van der Waals surface area contributed by atoms with Gasteiger partial charge in [-0.1, -0.05) is 11.6 Å². The second-order valence-corrected chi connectivity index (χ2v) is 3.68. The first kappa shape index (κ1) is 14.1. The van der Waals surface area contributed by atoms with Gasteiger partial charge in [-0.05, 0) is 13.0 Å². The summed E-state index contributed by atoms with van der Waals surface area (Å²) in [5, 5.41) is -0.242. The smallest absolute Gasteiger partial charge is 0.356 e. The second-order valence-electron chi connectivity index (χ2n) is 3.00. The Morgan fingerprint density at radius 2 is 2.24 bits per heavy atom. The molecule has 1 aromatic heterocycles. The summed E-state index contributed by atoms with van der Waals surface area (Å²) in [7, 11) is 0. The highest BCUT2D eigenvalue weighted by Gasteiger charge is 2.21. The molecule has 0 radical (unpaired) electrons. The minimum absolute atomic E-state index is 0.114. The lowest BCUT2D eigenvalue weighted by Gasteiger charge is -2.10. The third-order valence-electron chi connectivity index (χ3n) is 1.92. The van der Waals surface area contributed by atoms with Gasteiger partial charge in [-0.3, -0.25) is 0 Å². The van der Waals surface area contributed by atoms with Gasteiger partial charge in [-0.15, -0.1) is 11.6 Å². The van der Waals surface area contributed by atoms with Crippen molar-refractivity contribution in [3.63, 3.8) is 0 Å². The molecule has 0 aliphatic rings. The van der Waals surface area contributed by atoms with Crippen molar-refractivity contribution in [3.05, 3.63) is 28.0 Å². The number of ether oxygens (including phenoxy) is 1. The fraction of sp³-hybridized carbons (Fsp3) is 0.400. The van der Waals surface area contributed by atoms with E-state index in [1.165, 1.54) is 0 Å². The third-order valence-corrected chi connectivity index (χ3v) is 2.48. The van der Waals surface area contributed by atoms with Crippen LogP contribution in [0.3, 0.4) is 0 Å². The summed E-state index contributed by atoms with van der Waals surface area (Å²) >= 11 is 11.2. The normalized spacial score (nSPS) is 10.7. The molecule has 0 amide bonds. The van der Waals surface area contributed by atoms with E-state index in [0.717, 1.165) is 6.07 Å². The van der Waals surface area contributed by atoms with Gasteiger partial charge >= 0.3 is 5.97 Å². The molecule has 1 rings (SSSR count). The van der Waals surface area contributed by atoms with Crippen LogP contribution in [-0.2, 0) is 10.6 Å². The van der Waals surface area contributed by atoms with Crippen LogP contribution in [0.1, 0.15) is 35.1 Å². The van der Waals surface area contributed by atoms with Crippen molar-refractivity contribution in [1.82, 2.24) is 4.98 Å². The molecule has 0 aliphatic carbocycles. The number of carbonyl (C=O) groups is 1. The minimum Gasteiger partial charge on any atom is -0.461 e. The van der Waals surface area contributed by atoms with E-state index in [9.17, 15) is 13.6 Å². The highest BCUT2D eigenvalue weighted by Crippen LogP contribution is 2.31. The van der Waals surface area contributed by atoms with Crippen molar-refractivity contribution in [2.24, 2.45) is 0 Å². The Labute approximate surface area is 107 Å². The Morgan fingerprint density at radius 1 is 1.59 bits per heavy atom. The molecule has 3 nitrogen and oxygen atoms in total. The fourth-order valence-electron chi connectivity index (χ4n) is 1.22. The van der Waals surface area contributed by atoms with E-state index in [1.807, 2.05) is 0 Å². The molecule has 0 atom stereocenters. The molecule has 7 heteroatoms. The van der Waals surface area contributed by atoms with Gasteiger partial charge in [0, 0.05) is 0 Å². The molecule has 17 heavy (non-hydrogen) atoms. The predicted octanol–water partition coefficient (Wildman–Crippen LogP) is 3.59. The number of carbonyl (C=O) groups excluding carboxylic acids is 1. The highest BCUT2D eigenvalue weighted by atomic mass is 35.5. The molecule has 0 N–H and O–H groups in total. The number of rotatable bonds is 4. The molecule has 0 aromatic carbocycles. The maximum absolute atomic E-state index is 12.7. The van der Waals surface area contributed by atoms with E-state index in [-0.39, 0.29) is 28.9 Å². The standard InChI is InChI=1S/C10H9Cl2F2NO2/c1-2-17-10(16)6-3-5(12)8(9(13)14)7(4-11)15-6/h3,9H,2,4H2,1H3. The molecule has 0 unspecified atom stereocenters. The summed E-state index contributed by atoms with van der Waals surface area (Å²) in [6, 6.07) is 1.05. The first-order valence-electron chi connectivity index (χ1n) is 4.71. The number of hydrogen-bond donors (Lipinski definition) is 0. The van der Waals surface area contributed by atoms with Crippen molar-refractivity contribution in [2.75, 3.05) is 6.61 Å². The van der Waals surface area contributed by atoms with Crippen LogP contribution in [0.5, 0.6) is 0 Å². The van der Waals surface area contributed by atoms with Crippen LogP contribution in [0.2, 0.25) is 5.02 Å². The van der Waals surface area contributed by atoms with Gasteiger partial charge in [-0.2, -0.15) is 0 Å². The van der Waals surface area contributed by atoms with Gasteiger partial charge in [0.15, 0.2) is 0 Å². The fourth-order valence-corrected chi connectivity index (χ4v) is 1.71. The van der Waals surface area contributed by atoms with Crippen LogP contribution < -0.4 is 0 Å². The zero-order valence-corrected chi connectivity index (χ0v) is 10.4. The van der Waals surface area contributed by atoms with Crippen LogP contribution in [0, 0.1) is 0 Å². The summed E-state index contributed by atoms with van der Waals surface area (Å²) in [4.78, 5) is 15.1. The van der Waals surface area contributed by atoms with E-state index in [0.29, 0.717) is 0 Å². The number of alkyl halides is 3. The molecular weight excluding hydrogens is 275 g/mol. The Hall–Kier alpha value is -0.940. The number of hydrogen-bond acceptors (Lipinski definition) is 3. The van der Waals surface area contributed by atoms with Crippen LogP contribution in [0.4, 0.5) is 8.78 Å². The first-order chi connectivity index (χ1) is 8.01. The molecule has 1 heterocycles. The third kappa shape index (κ3) is 3.26. The van der Waals surface area contributed by atoms with Gasteiger partial charge in [-0.25, -0.2) is 18.6 Å². The molecule has 0 saturated heterocycles. The Morgan fingerprint density at radius 3 is 2.71 bits per heavy atom. The van der Waals surface area contributed by atoms with E-state index >= 15 is 0 Å². The van der Waals surface area contributed by atoms with E-state index < -0.39 is 18.0 Å². The monoisotopic (exact) mass is 283 g/mol. The molecule has 0 aliphatic heterocycles. The van der Waals surface area contributed by atoms with Crippen molar-refractivity contribution >= 4 is 29.2 Å². The van der Waals surface area contributed by atoms with Crippen molar-refractivity contribution in [3.8, 4) is 0 Å². The van der Waals surface area contributed by atoms with E-state index in [4.69, 9.17) is 27.9 Å². The largest absolute Gasteiger partial charge is 0.461 e. The topological polar surface area (TPSA) is 39.2 Å². The van der Waals surface area contributed by atoms with E-state index in [2.05, 4.69) is 4.98 Å². The summed E-state index contributed by atoms with van der Waals surface area (Å²) in [5.74, 6) is -0.978. The van der Waals surface area contributed by atoms with Gasteiger partial charge < -0.3 is 4.74 Å². The molecule has 0 bridgehead atoms. The maximum Gasteiger partial charge on any atom is 0.356 e. The summed E-state index contributed by atoms with van der Waals surface area (Å²) < 4.78 is 30.0. The Kier molecular flexibility index (Phi) is 5.08. The lowest BCUT2D eigenvalue weighted by atomic mass is 10.2. The lowest BCUT2D eigenvalue weighted by Crippen LogP contribution is -2.10. The number of halogens is 4. The average molecular weight is 284 g/mol. The van der Waals surface area contributed by atoms with Crippen LogP contribution in [0.15, 0.2) is 6.07 Å². The summed E-state index contributed by atoms with van der Waals surface area (Å²) in [5.41, 5.74) is -0.691. The van der Waals surface area contributed by atoms with Crippen molar-refractivity contribution in [2.45, 2.75) is 19.2 Å². The van der Waals surface area contributed by atoms with Crippen LogP contribution in [0.25, 0.3) is 0 Å². The summed E-state index contributed by atoms with van der Waals surface area (Å²) in [6.07, 6.45) is -2.79. The predicted molar refractivity (Wildman–Crippen MR) is 59.7 cm³/mol. The van der Waals surface area contributed by atoms with Gasteiger partial charge in [0.05, 0.1) is 28.8 Å². The van der Waals surface area contributed by atoms with Gasteiger partial charge in [0.2, 0.25) is 0 Å². The minimum atomic E-state index is -2.79. The van der Waals surface area contributed by atoms with Gasteiger partial charge in [0.1, 0.15) is 5.69 Å². The van der Waals surface area contributed by atoms with Crippen molar-refractivity contribution < 1.29 is 18.3 Å². The molecule has 0 spiro atoms. The quantitative estimate of drug-likeness (QED) is 0.626. The number of aromatic nitrogens is 1. The maximum atomic E-state index is 12.7. The number of esters is 1. The highest BCUT2D eigenvalue weighted by molar-refractivity contribution is 6.32. The van der Waals surface area contributed by atoms with Crippen molar-refractivity contribution in [1.29, 1.82) is 0 Å². The number of pyridine rings is 1. The molecule has 0 fully saturated rings. The zero-order chi connectivity index (χ0) is 13.0.